The average Bonchev–Trinajstić information content (AvgIpc) is 3.16. The largest absolute Gasteiger partial charge is 0.378 e. The zero-order valence-electron chi connectivity index (χ0n) is 13.4. The van der Waals surface area contributed by atoms with Crippen molar-refractivity contribution >= 4 is 17.4 Å². The number of nitrogens with zero attached hydrogens (tertiary/aromatic N) is 2. The summed E-state index contributed by atoms with van der Waals surface area (Å²) >= 11 is 1.66. The van der Waals surface area contributed by atoms with Crippen molar-refractivity contribution in [1.82, 2.24) is 15.2 Å². The molecule has 22 heavy (non-hydrogen) atoms. The molecule has 0 bridgehead atoms. The summed E-state index contributed by atoms with van der Waals surface area (Å²) in [6.07, 6.45) is 4.95. The third kappa shape index (κ3) is 3.60. The Bertz CT molecular complexity index is 498. The lowest BCUT2D eigenvalue weighted by molar-refractivity contribution is 0.0372. The molecule has 1 N–H and O–H groups in total. The molecule has 0 saturated carbocycles. The van der Waals surface area contributed by atoms with Crippen LogP contribution in [0.15, 0.2) is 0 Å². The predicted octanol–water partition coefficient (Wildman–Crippen LogP) is 2.86. The molecule has 1 atom stereocenters. The van der Waals surface area contributed by atoms with E-state index in [1.54, 1.807) is 11.3 Å². The Labute approximate surface area is 136 Å². The summed E-state index contributed by atoms with van der Waals surface area (Å²) in [4.78, 5) is 19.9. The summed E-state index contributed by atoms with van der Waals surface area (Å²) in [6.45, 7) is 7.20. The molecule has 2 fully saturated rings. The SMILES string of the molecule is Cc1nc(CNC(=O)N2CCC([C@@H]3CCCO3)CC2)sc1C. The van der Waals surface area contributed by atoms with Gasteiger partial charge >= 0.3 is 6.03 Å². The molecule has 2 aliphatic heterocycles. The number of aromatic nitrogens is 1. The molecule has 0 unspecified atom stereocenters. The fraction of sp³-hybridized carbons (Fsp3) is 0.750. The number of piperidine rings is 1. The maximum Gasteiger partial charge on any atom is 0.317 e. The van der Waals surface area contributed by atoms with Gasteiger partial charge in [0.2, 0.25) is 0 Å². The van der Waals surface area contributed by atoms with Crippen LogP contribution in [0.2, 0.25) is 0 Å². The first-order valence-electron chi connectivity index (χ1n) is 8.21. The highest BCUT2D eigenvalue weighted by Gasteiger charge is 2.30. The number of rotatable bonds is 3. The molecule has 1 aromatic rings. The van der Waals surface area contributed by atoms with E-state index in [0.717, 1.165) is 43.2 Å². The van der Waals surface area contributed by atoms with Crippen LogP contribution < -0.4 is 5.32 Å². The minimum Gasteiger partial charge on any atom is -0.378 e. The van der Waals surface area contributed by atoms with Gasteiger partial charge < -0.3 is 15.0 Å². The van der Waals surface area contributed by atoms with Gasteiger partial charge in [0, 0.05) is 24.6 Å². The fourth-order valence-electron chi connectivity index (χ4n) is 3.33. The molecule has 0 aromatic carbocycles. The van der Waals surface area contributed by atoms with Gasteiger partial charge in [0.25, 0.3) is 0 Å². The molecule has 6 heteroatoms. The van der Waals surface area contributed by atoms with Crippen molar-refractivity contribution in [2.75, 3.05) is 19.7 Å². The van der Waals surface area contributed by atoms with E-state index < -0.39 is 0 Å². The van der Waals surface area contributed by atoms with Crippen LogP contribution in [0.4, 0.5) is 4.79 Å². The summed E-state index contributed by atoms with van der Waals surface area (Å²) in [6, 6.07) is 0.0382. The Morgan fingerprint density at radius 1 is 1.36 bits per heavy atom. The lowest BCUT2D eigenvalue weighted by Crippen LogP contribution is -2.45. The molecular weight excluding hydrogens is 298 g/mol. The lowest BCUT2D eigenvalue weighted by Gasteiger charge is -2.34. The first kappa shape index (κ1) is 15.7. The van der Waals surface area contributed by atoms with Crippen LogP contribution >= 0.6 is 11.3 Å². The molecule has 2 aliphatic rings. The van der Waals surface area contributed by atoms with Crippen LogP contribution in [0.1, 0.15) is 41.3 Å². The van der Waals surface area contributed by atoms with Crippen molar-refractivity contribution in [3.8, 4) is 0 Å². The maximum atomic E-state index is 12.3. The van der Waals surface area contributed by atoms with Gasteiger partial charge in [0.1, 0.15) is 5.01 Å². The number of hydrogen-bond acceptors (Lipinski definition) is 4. The number of amides is 2. The molecule has 3 rings (SSSR count). The number of urea groups is 1. The third-order valence-electron chi connectivity index (χ3n) is 4.78. The number of aryl methyl sites for hydroxylation is 2. The van der Waals surface area contributed by atoms with Gasteiger partial charge in [-0.3, -0.25) is 0 Å². The van der Waals surface area contributed by atoms with E-state index in [2.05, 4.69) is 17.2 Å². The second kappa shape index (κ2) is 6.96. The fourth-order valence-corrected chi connectivity index (χ4v) is 4.20. The van der Waals surface area contributed by atoms with E-state index in [4.69, 9.17) is 4.74 Å². The van der Waals surface area contributed by atoms with Crippen molar-refractivity contribution in [2.45, 2.75) is 52.2 Å². The predicted molar refractivity (Wildman–Crippen MR) is 87.1 cm³/mol. The van der Waals surface area contributed by atoms with Crippen LogP contribution in [-0.2, 0) is 11.3 Å². The van der Waals surface area contributed by atoms with Crippen LogP contribution in [0.5, 0.6) is 0 Å². The maximum absolute atomic E-state index is 12.3. The second-order valence-electron chi connectivity index (χ2n) is 6.28. The van der Waals surface area contributed by atoms with Crippen molar-refractivity contribution < 1.29 is 9.53 Å². The van der Waals surface area contributed by atoms with Gasteiger partial charge in [-0.2, -0.15) is 0 Å². The Hall–Kier alpha value is -1.14. The molecular formula is C16H25N3O2S. The number of carbonyl (C=O) groups excluding carboxylic acids is 1. The van der Waals surface area contributed by atoms with E-state index in [-0.39, 0.29) is 6.03 Å². The van der Waals surface area contributed by atoms with Crippen LogP contribution in [0.3, 0.4) is 0 Å². The second-order valence-corrected chi connectivity index (χ2v) is 7.57. The number of hydrogen-bond donors (Lipinski definition) is 1. The molecule has 3 heterocycles. The number of thiazole rings is 1. The molecule has 122 valence electrons. The van der Waals surface area contributed by atoms with Crippen molar-refractivity contribution in [3.05, 3.63) is 15.6 Å². The Balaban J connectivity index is 1.43. The molecule has 0 radical (unpaired) electrons. The van der Waals surface area contributed by atoms with Crippen molar-refractivity contribution in [1.29, 1.82) is 0 Å². The Morgan fingerprint density at radius 3 is 2.73 bits per heavy atom. The Kier molecular flexibility index (Phi) is 4.98. The molecule has 2 saturated heterocycles. The van der Waals surface area contributed by atoms with Gasteiger partial charge in [0.15, 0.2) is 0 Å². The summed E-state index contributed by atoms with van der Waals surface area (Å²) in [5, 5.41) is 3.98. The average molecular weight is 323 g/mol. The monoisotopic (exact) mass is 323 g/mol. The molecule has 0 aliphatic carbocycles. The molecule has 1 aromatic heterocycles. The molecule has 5 nitrogen and oxygen atoms in total. The zero-order valence-corrected chi connectivity index (χ0v) is 14.2. The van der Waals surface area contributed by atoms with Gasteiger partial charge in [-0.25, -0.2) is 9.78 Å². The Morgan fingerprint density at radius 2 is 2.14 bits per heavy atom. The van der Waals surface area contributed by atoms with Gasteiger partial charge in [-0.1, -0.05) is 0 Å². The van der Waals surface area contributed by atoms with E-state index in [9.17, 15) is 4.79 Å². The van der Waals surface area contributed by atoms with E-state index in [1.807, 2.05) is 11.8 Å². The minimum absolute atomic E-state index is 0.0382. The standard InChI is InChI=1S/C16H25N3O2S/c1-11-12(2)22-15(18-11)10-17-16(20)19-7-5-13(6-8-19)14-4-3-9-21-14/h13-14H,3-10H2,1-2H3,(H,17,20)/t14-/m0/s1. The van der Waals surface area contributed by atoms with Crippen LogP contribution in [0.25, 0.3) is 0 Å². The minimum atomic E-state index is 0.0382. The van der Waals surface area contributed by atoms with E-state index in [0.29, 0.717) is 18.6 Å². The smallest absolute Gasteiger partial charge is 0.317 e. The number of carbonyl (C=O) groups is 1. The van der Waals surface area contributed by atoms with Gasteiger partial charge in [-0.05, 0) is 45.4 Å². The first-order chi connectivity index (χ1) is 10.6. The highest BCUT2D eigenvalue weighted by Crippen LogP contribution is 2.28. The molecule has 0 spiro atoms. The highest BCUT2D eigenvalue weighted by molar-refractivity contribution is 7.11. The zero-order chi connectivity index (χ0) is 15.5. The van der Waals surface area contributed by atoms with Crippen LogP contribution in [0, 0.1) is 19.8 Å². The third-order valence-corrected chi connectivity index (χ3v) is 5.85. The number of nitrogens with one attached hydrogen (secondary N) is 1. The molecule has 2 amide bonds. The highest BCUT2D eigenvalue weighted by atomic mass is 32.1. The number of ether oxygens (including phenoxy) is 1. The van der Waals surface area contributed by atoms with Gasteiger partial charge in [0.05, 0.1) is 18.3 Å². The quantitative estimate of drug-likeness (QED) is 0.930. The van der Waals surface area contributed by atoms with E-state index in [1.165, 1.54) is 17.7 Å². The summed E-state index contributed by atoms with van der Waals surface area (Å²) in [5.74, 6) is 0.635. The number of likely N-dealkylation sites (tertiary alicyclic amines) is 1. The normalized spacial score (nSPS) is 23.0. The summed E-state index contributed by atoms with van der Waals surface area (Å²) < 4.78 is 5.78. The van der Waals surface area contributed by atoms with Crippen molar-refractivity contribution in [3.63, 3.8) is 0 Å². The topological polar surface area (TPSA) is 54.5 Å². The lowest BCUT2D eigenvalue weighted by atomic mass is 9.90. The summed E-state index contributed by atoms with van der Waals surface area (Å²) in [7, 11) is 0. The van der Waals surface area contributed by atoms with Crippen molar-refractivity contribution in [2.24, 2.45) is 5.92 Å². The van der Waals surface area contributed by atoms with E-state index >= 15 is 0 Å². The van der Waals surface area contributed by atoms with Crippen LogP contribution in [-0.4, -0.2) is 41.7 Å². The first-order valence-corrected chi connectivity index (χ1v) is 9.02. The summed E-state index contributed by atoms with van der Waals surface area (Å²) in [5.41, 5.74) is 1.06. The van der Waals surface area contributed by atoms with Gasteiger partial charge in [-0.15, -0.1) is 11.3 Å².